The molecule has 1 heterocycles. The van der Waals surface area contributed by atoms with Crippen LogP contribution in [0.1, 0.15) is 18.3 Å². The Balaban J connectivity index is 2.62. The number of hydrogen-bond donors (Lipinski definition) is 1. The molecule has 4 heteroatoms. The van der Waals surface area contributed by atoms with E-state index < -0.39 is 0 Å². The highest BCUT2D eigenvalue weighted by atomic mass is 35.5. The summed E-state index contributed by atoms with van der Waals surface area (Å²) < 4.78 is 0. The highest BCUT2D eigenvalue weighted by Gasteiger charge is 2.12. The summed E-state index contributed by atoms with van der Waals surface area (Å²) in [4.78, 5) is 9.16. The lowest BCUT2D eigenvalue weighted by molar-refractivity contribution is 1.03. The molecule has 2 rings (SSSR count). The van der Waals surface area contributed by atoms with Gasteiger partial charge in [-0.25, -0.2) is 9.97 Å². The maximum Gasteiger partial charge on any atom is 0.152 e. The third-order valence-electron chi connectivity index (χ3n) is 2.78. The Morgan fingerprint density at radius 2 is 1.78 bits per heavy atom. The zero-order valence-electron chi connectivity index (χ0n) is 10.8. The number of aryl methyl sites for hydroxylation is 2. The van der Waals surface area contributed by atoms with E-state index in [0.717, 1.165) is 35.0 Å². The normalized spacial score (nSPS) is 10.4. The Bertz CT molecular complexity index is 567. The van der Waals surface area contributed by atoms with Crippen LogP contribution in [-0.2, 0) is 0 Å². The van der Waals surface area contributed by atoms with Crippen molar-refractivity contribution < 1.29 is 0 Å². The van der Waals surface area contributed by atoms with Crippen molar-refractivity contribution in [2.75, 3.05) is 11.9 Å². The maximum atomic E-state index is 6.23. The van der Waals surface area contributed by atoms with Crippen molar-refractivity contribution >= 4 is 17.4 Å². The van der Waals surface area contributed by atoms with Gasteiger partial charge in [-0.3, -0.25) is 0 Å². The minimum absolute atomic E-state index is 0.689. The molecule has 0 unspecified atom stereocenters. The van der Waals surface area contributed by atoms with Gasteiger partial charge in [0.25, 0.3) is 0 Å². The minimum Gasteiger partial charge on any atom is -0.369 e. The smallest absolute Gasteiger partial charge is 0.152 e. The molecule has 0 saturated carbocycles. The summed E-state index contributed by atoms with van der Waals surface area (Å²) in [6.45, 7) is 6.75. The lowest BCUT2D eigenvalue weighted by Gasteiger charge is -2.12. The monoisotopic (exact) mass is 261 g/mol. The fourth-order valence-electron chi connectivity index (χ4n) is 1.73. The Labute approximate surface area is 112 Å². The summed E-state index contributed by atoms with van der Waals surface area (Å²) in [6, 6.07) is 7.69. The third kappa shape index (κ3) is 2.46. The quantitative estimate of drug-likeness (QED) is 0.912. The van der Waals surface area contributed by atoms with Gasteiger partial charge >= 0.3 is 0 Å². The molecule has 0 radical (unpaired) electrons. The number of aromatic nitrogens is 2. The van der Waals surface area contributed by atoms with Gasteiger partial charge in [-0.15, -0.1) is 0 Å². The van der Waals surface area contributed by atoms with Crippen LogP contribution in [-0.4, -0.2) is 16.5 Å². The van der Waals surface area contributed by atoms with Crippen molar-refractivity contribution in [3.63, 3.8) is 0 Å². The number of nitrogens with one attached hydrogen (secondary N) is 1. The number of benzene rings is 1. The van der Waals surface area contributed by atoms with Crippen molar-refractivity contribution in [3.05, 3.63) is 40.7 Å². The van der Waals surface area contributed by atoms with E-state index in [-0.39, 0.29) is 0 Å². The fourth-order valence-corrected chi connectivity index (χ4v) is 1.96. The zero-order valence-corrected chi connectivity index (χ0v) is 11.5. The van der Waals surface area contributed by atoms with Crippen LogP contribution >= 0.6 is 11.6 Å². The largest absolute Gasteiger partial charge is 0.369 e. The van der Waals surface area contributed by atoms with Crippen molar-refractivity contribution in [1.82, 2.24) is 9.97 Å². The van der Waals surface area contributed by atoms with Gasteiger partial charge in [-0.05, 0) is 26.8 Å². The first-order valence-electron chi connectivity index (χ1n) is 5.97. The molecule has 18 heavy (non-hydrogen) atoms. The summed E-state index contributed by atoms with van der Waals surface area (Å²) >= 11 is 6.23. The molecule has 0 amide bonds. The van der Waals surface area contributed by atoms with E-state index in [1.165, 1.54) is 0 Å². The SMILES string of the molecule is CCNc1nc(C)c(C)nc1-c1ccccc1Cl. The van der Waals surface area contributed by atoms with E-state index in [0.29, 0.717) is 5.02 Å². The number of nitrogens with zero attached hydrogens (tertiary/aromatic N) is 2. The molecule has 0 spiro atoms. The summed E-state index contributed by atoms with van der Waals surface area (Å²) in [7, 11) is 0. The summed E-state index contributed by atoms with van der Waals surface area (Å²) in [6.07, 6.45) is 0. The van der Waals surface area contributed by atoms with Crippen LogP contribution in [0.25, 0.3) is 11.3 Å². The van der Waals surface area contributed by atoms with Crippen LogP contribution in [0.4, 0.5) is 5.82 Å². The Kier molecular flexibility index (Phi) is 3.82. The van der Waals surface area contributed by atoms with Gasteiger partial charge in [0.2, 0.25) is 0 Å². The minimum atomic E-state index is 0.689. The lowest BCUT2D eigenvalue weighted by atomic mass is 10.1. The topological polar surface area (TPSA) is 37.8 Å². The zero-order chi connectivity index (χ0) is 13.1. The van der Waals surface area contributed by atoms with Gasteiger partial charge in [0.15, 0.2) is 5.82 Å². The number of halogens is 1. The molecule has 2 aromatic rings. The van der Waals surface area contributed by atoms with Gasteiger partial charge < -0.3 is 5.32 Å². The van der Waals surface area contributed by atoms with Crippen LogP contribution < -0.4 is 5.32 Å². The average molecular weight is 262 g/mol. The molecule has 3 nitrogen and oxygen atoms in total. The van der Waals surface area contributed by atoms with Crippen molar-refractivity contribution in [1.29, 1.82) is 0 Å². The van der Waals surface area contributed by atoms with Crippen LogP contribution in [0.5, 0.6) is 0 Å². The standard InChI is InChI=1S/C14H16ClN3/c1-4-16-14-13(17-9(2)10(3)18-14)11-7-5-6-8-12(11)15/h5-8H,4H2,1-3H3,(H,16,18). The van der Waals surface area contributed by atoms with E-state index in [2.05, 4.69) is 15.3 Å². The Morgan fingerprint density at radius 3 is 2.44 bits per heavy atom. The van der Waals surface area contributed by atoms with Crippen LogP contribution in [0.3, 0.4) is 0 Å². The Morgan fingerprint density at radius 1 is 1.11 bits per heavy atom. The first kappa shape index (κ1) is 12.8. The second kappa shape index (κ2) is 5.36. The van der Waals surface area contributed by atoms with Crippen molar-refractivity contribution in [3.8, 4) is 11.3 Å². The summed E-state index contributed by atoms with van der Waals surface area (Å²) in [5.41, 5.74) is 3.57. The predicted octanol–water partition coefficient (Wildman–Crippen LogP) is 3.85. The molecule has 1 N–H and O–H groups in total. The van der Waals surface area contributed by atoms with Crippen molar-refractivity contribution in [2.24, 2.45) is 0 Å². The van der Waals surface area contributed by atoms with E-state index in [9.17, 15) is 0 Å². The van der Waals surface area contributed by atoms with Gasteiger partial charge in [0.1, 0.15) is 5.69 Å². The molecular formula is C14H16ClN3. The lowest BCUT2D eigenvalue weighted by Crippen LogP contribution is -2.06. The van der Waals surface area contributed by atoms with Crippen LogP contribution in [0, 0.1) is 13.8 Å². The molecule has 1 aromatic heterocycles. The van der Waals surface area contributed by atoms with Gasteiger partial charge in [-0.1, -0.05) is 29.8 Å². The fraction of sp³-hybridized carbons (Fsp3) is 0.286. The van der Waals surface area contributed by atoms with E-state index in [1.807, 2.05) is 45.0 Å². The highest BCUT2D eigenvalue weighted by molar-refractivity contribution is 6.33. The van der Waals surface area contributed by atoms with Gasteiger partial charge in [0.05, 0.1) is 16.4 Å². The Hall–Kier alpha value is -1.61. The molecule has 0 bridgehead atoms. The number of rotatable bonds is 3. The molecule has 94 valence electrons. The second-order valence-corrected chi connectivity index (χ2v) is 4.51. The molecule has 0 atom stereocenters. The maximum absolute atomic E-state index is 6.23. The molecule has 0 fully saturated rings. The number of anilines is 1. The second-order valence-electron chi connectivity index (χ2n) is 4.10. The van der Waals surface area contributed by atoms with Gasteiger partial charge in [-0.2, -0.15) is 0 Å². The van der Waals surface area contributed by atoms with E-state index in [1.54, 1.807) is 0 Å². The third-order valence-corrected chi connectivity index (χ3v) is 3.11. The molecule has 0 aliphatic rings. The molecular weight excluding hydrogens is 246 g/mol. The van der Waals surface area contributed by atoms with E-state index in [4.69, 9.17) is 11.6 Å². The number of hydrogen-bond acceptors (Lipinski definition) is 3. The predicted molar refractivity (Wildman–Crippen MR) is 76.1 cm³/mol. The molecule has 0 aliphatic carbocycles. The first-order chi connectivity index (χ1) is 8.63. The summed E-state index contributed by atoms with van der Waals surface area (Å²) in [5.74, 6) is 0.786. The van der Waals surface area contributed by atoms with Crippen LogP contribution in [0.15, 0.2) is 24.3 Å². The average Bonchev–Trinajstić information content (AvgIpc) is 2.35. The van der Waals surface area contributed by atoms with E-state index >= 15 is 0 Å². The first-order valence-corrected chi connectivity index (χ1v) is 6.35. The van der Waals surface area contributed by atoms with Crippen molar-refractivity contribution in [2.45, 2.75) is 20.8 Å². The highest BCUT2D eigenvalue weighted by Crippen LogP contribution is 2.31. The van der Waals surface area contributed by atoms with Crippen LogP contribution in [0.2, 0.25) is 5.02 Å². The van der Waals surface area contributed by atoms with Gasteiger partial charge in [0, 0.05) is 12.1 Å². The summed E-state index contributed by atoms with van der Waals surface area (Å²) in [5, 5.41) is 3.93. The molecule has 0 saturated heterocycles. The molecule has 0 aliphatic heterocycles. The molecule has 1 aromatic carbocycles.